The number of likely N-dealkylation sites (tertiary alicyclic amines) is 1. The lowest BCUT2D eigenvalue weighted by molar-refractivity contribution is -0.143. The van der Waals surface area contributed by atoms with Gasteiger partial charge in [0, 0.05) is 25.8 Å². The lowest BCUT2D eigenvalue weighted by Gasteiger charge is -2.36. The SMILES string of the molecule is COC[C@H](NC(=O)OC)C(=O)N1CCC[C@H]1c1ncc(-c2ccc3cc(-c4ccc(-c5cnc([C@@H]6COCCN6C(=O)[C@H](NC(=O)OC)c6ccccc6)[nH]5)cc4)ccc3c2)[nH]1. The van der Waals surface area contributed by atoms with Crippen LogP contribution in [-0.2, 0) is 28.5 Å². The molecule has 0 saturated carbocycles. The third-order valence-electron chi connectivity index (χ3n) is 11.4. The van der Waals surface area contributed by atoms with Crippen LogP contribution >= 0.6 is 0 Å². The van der Waals surface area contributed by atoms with Crippen LogP contribution < -0.4 is 10.6 Å². The number of H-pyrrole nitrogens is 2. The van der Waals surface area contributed by atoms with Crippen molar-refractivity contribution in [2.24, 2.45) is 0 Å². The lowest BCUT2D eigenvalue weighted by atomic mass is 9.98. The molecule has 0 radical (unpaired) electrons. The van der Waals surface area contributed by atoms with Crippen molar-refractivity contribution in [3.05, 3.63) is 121 Å². The Morgan fingerprint density at radius 2 is 1.31 bits per heavy atom. The number of imidazole rings is 2. The van der Waals surface area contributed by atoms with Crippen molar-refractivity contribution in [2.45, 2.75) is 37.0 Å². The first kappa shape index (κ1) is 41.7. The normalized spacial score (nSPS) is 17.3. The molecule has 16 nitrogen and oxygen atoms in total. The lowest BCUT2D eigenvalue weighted by Crippen LogP contribution is -2.50. The van der Waals surface area contributed by atoms with Gasteiger partial charge in [0.15, 0.2) is 0 Å². The fourth-order valence-electron chi connectivity index (χ4n) is 8.17. The molecular weight excluding hydrogens is 793 g/mol. The number of benzene rings is 4. The highest BCUT2D eigenvalue weighted by atomic mass is 16.5. The summed E-state index contributed by atoms with van der Waals surface area (Å²) in [6.07, 6.45) is 3.71. The van der Waals surface area contributed by atoms with Crippen molar-refractivity contribution < 1.29 is 38.1 Å². The largest absolute Gasteiger partial charge is 0.453 e. The number of alkyl carbamates (subject to hydrolysis) is 2. The van der Waals surface area contributed by atoms with Gasteiger partial charge in [0.2, 0.25) is 5.91 Å². The van der Waals surface area contributed by atoms with Crippen LogP contribution in [0.25, 0.3) is 44.4 Å². The first-order chi connectivity index (χ1) is 30.2. The summed E-state index contributed by atoms with van der Waals surface area (Å²) in [5.74, 6) is 0.735. The van der Waals surface area contributed by atoms with E-state index >= 15 is 0 Å². The highest BCUT2D eigenvalue weighted by Crippen LogP contribution is 2.34. The summed E-state index contributed by atoms with van der Waals surface area (Å²) in [7, 11) is 4.00. The van der Waals surface area contributed by atoms with Gasteiger partial charge in [-0.1, -0.05) is 78.9 Å². The zero-order valence-corrected chi connectivity index (χ0v) is 34.6. The molecule has 2 aliphatic heterocycles. The Balaban J connectivity index is 0.947. The number of rotatable bonds is 12. The molecule has 16 heteroatoms. The average molecular weight is 841 g/mol. The number of fused-ring (bicyclic) bond motifs is 1. The Morgan fingerprint density at radius 3 is 2.00 bits per heavy atom. The second-order valence-electron chi connectivity index (χ2n) is 15.2. The number of carbonyl (C=O) groups excluding carboxylic acids is 4. The van der Waals surface area contributed by atoms with Crippen molar-refractivity contribution in [3.63, 3.8) is 0 Å². The second-order valence-corrected chi connectivity index (χ2v) is 15.2. The highest BCUT2D eigenvalue weighted by Gasteiger charge is 2.38. The second kappa shape index (κ2) is 18.7. The third kappa shape index (κ3) is 8.87. The molecule has 0 spiro atoms. The Kier molecular flexibility index (Phi) is 12.6. The van der Waals surface area contributed by atoms with Gasteiger partial charge in [-0.25, -0.2) is 19.6 Å². The van der Waals surface area contributed by atoms with Crippen LogP contribution in [0, 0.1) is 0 Å². The fraction of sp³-hybridized carbons (Fsp3) is 0.304. The number of ether oxygens (including phenoxy) is 4. The number of aromatic nitrogens is 4. The van der Waals surface area contributed by atoms with Crippen LogP contribution in [0.15, 0.2) is 103 Å². The monoisotopic (exact) mass is 840 g/mol. The molecule has 8 rings (SSSR count). The van der Waals surface area contributed by atoms with E-state index in [1.807, 2.05) is 30.3 Å². The zero-order valence-electron chi connectivity index (χ0n) is 34.6. The molecule has 2 aromatic heterocycles. The molecule has 0 aliphatic carbocycles. The number of morpholine rings is 1. The summed E-state index contributed by atoms with van der Waals surface area (Å²) in [6.45, 7) is 1.51. The molecule has 320 valence electrons. The van der Waals surface area contributed by atoms with Crippen molar-refractivity contribution in [2.75, 3.05) is 54.2 Å². The molecule has 2 aliphatic rings. The van der Waals surface area contributed by atoms with Gasteiger partial charge in [-0.15, -0.1) is 0 Å². The summed E-state index contributed by atoms with van der Waals surface area (Å²) in [6, 6.07) is 27.3. The van der Waals surface area contributed by atoms with Crippen molar-refractivity contribution in [1.29, 1.82) is 0 Å². The molecule has 4 aromatic carbocycles. The van der Waals surface area contributed by atoms with Crippen molar-refractivity contribution in [1.82, 2.24) is 40.4 Å². The standard InChI is InChI=1S/C46H48N8O8/c1-59-26-37(51-45(57)60-2)43(55)53-19-7-10-38(53)41-47-25-36(50-41)34-18-17-32-22-31(15-16-33(32)23-34)28-11-13-29(14-12-28)35-24-48-42(49-35)39-27-62-21-20-54(39)44(56)40(52-46(58)61-3)30-8-5-4-6-9-30/h4-6,8-9,11-18,22-25,37-40H,7,10,19-21,26-27H2,1-3H3,(H,47,50)(H,48,49)(H,51,57)(H,52,58)/t37-,38-,39-,40+/m0/s1. The highest BCUT2D eigenvalue weighted by molar-refractivity contribution is 5.91. The average Bonchev–Trinajstić information content (AvgIpc) is 4.13. The molecule has 4 N–H and O–H groups in total. The maximum absolute atomic E-state index is 14.0. The Morgan fingerprint density at radius 1 is 0.710 bits per heavy atom. The Hall–Kier alpha value is -7.04. The van der Waals surface area contributed by atoms with E-state index in [0.29, 0.717) is 36.9 Å². The fourth-order valence-corrected chi connectivity index (χ4v) is 8.17. The maximum Gasteiger partial charge on any atom is 0.407 e. The summed E-state index contributed by atoms with van der Waals surface area (Å²) in [5, 5.41) is 7.41. The smallest absolute Gasteiger partial charge is 0.407 e. The number of nitrogens with zero attached hydrogens (tertiary/aromatic N) is 4. The minimum atomic E-state index is -0.943. The van der Waals surface area contributed by atoms with Crippen LogP contribution in [0.3, 0.4) is 0 Å². The van der Waals surface area contributed by atoms with Gasteiger partial charge in [0.05, 0.1) is 63.9 Å². The van der Waals surface area contributed by atoms with Gasteiger partial charge in [-0.05, 0) is 58.0 Å². The van der Waals surface area contributed by atoms with E-state index in [1.165, 1.54) is 21.3 Å². The molecule has 2 saturated heterocycles. The number of carbonyl (C=O) groups is 4. The predicted molar refractivity (Wildman–Crippen MR) is 229 cm³/mol. The predicted octanol–water partition coefficient (Wildman–Crippen LogP) is 6.32. The summed E-state index contributed by atoms with van der Waals surface area (Å²) >= 11 is 0. The first-order valence-electron chi connectivity index (χ1n) is 20.4. The number of hydrogen-bond acceptors (Lipinski definition) is 10. The first-order valence-corrected chi connectivity index (χ1v) is 20.4. The minimum Gasteiger partial charge on any atom is -0.453 e. The van der Waals surface area contributed by atoms with Crippen molar-refractivity contribution in [3.8, 4) is 33.6 Å². The van der Waals surface area contributed by atoms with E-state index in [4.69, 9.17) is 18.9 Å². The van der Waals surface area contributed by atoms with Gasteiger partial charge < -0.3 is 49.3 Å². The maximum atomic E-state index is 14.0. The van der Waals surface area contributed by atoms with Crippen LogP contribution in [0.2, 0.25) is 0 Å². The molecule has 4 atom stereocenters. The summed E-state index contributed by atoms with van der Waals surface area (Å²) < 4.78 is 20.5. The van der Waals surface area contributed by atoms with E-state index in [-0.39, 0.29) is 31.1 Å². The molecule has 0 unspecified atom stereocenters. The number of amides is 4. The molecule has 2 fully saturated rings. The topological polar surface area (TPSA) is 193 Å². The molecule has 0 bridgehead atoms. The summed E-state index contributed by atoms with van der Waals surface area (Å²) in [5.41, 5.74) is 6.28. The molecular formula is C46H48N8O8. The zero-order chi connectivity index (χ0) is 43.2. The minimum absolute atomic E-state index is 0.0239. The number of nitrogens with one attached hydrogen (secondary N) is 4. The van der Waals surface area contributed by atoms with Gasteiger partial charge >= 0.3 is 12.2 Å². The number of aromatic amines is 2. The molecule has 6 aromatic rings. The van der Waals surface area contributed by atoms with E-state index in [0.717, 1.165) is 57.3 Å². The Bertz CT molecular complexity index is 2540. The van der Waals surface area contributed by atoms with E-state index in [1.54, 1.807) is 34.3 Å². The molecule has 62 heavy (non-hydrogen) atoms. The van der Waals surface area contributed by atoms with Crippen LogP contribution in [-0.4, -0.2) is 114 Å². The van der Waals surface area contributed by atoms with Gasteiger partial charge in [0.25, 0.3) is 5.91 Å². The number of hydrogen-bond donors (Lipinski definition) is 4. The third-order valence-corrected chi connectivity index (χ3v) is 11.4. The van der Waals surface area contributed by atoms with Crippen LogP contribution in [0.4, 0.5) is 9.59 Å². The Labute approximate surface area is 357 Å². The van der Waals surface area contributed by atoms with Gasteiger partial charge in [-0.2, -0.15) is 0 Å². The van der Waals surface area contributed by atoms with Gasteiger partial charge in [0.1, 0.15) is 29.8 Å². The quantitative estimate of drug-likeness (QED) is 0.108. The van der Waals surface area contributed by atoms with Crippen LogP contribution in [0.5, 0.6) is 0 Å². The summed E-state index contributed by atoms with van der Waals surface area (Å²) in [4.78, 5) is 71.3. The molecule has 4 amide bonds. The van der Waals surface area contributed by atoms with Crippen molar-refractivity contribution >= 4 is 34.8 Å². The van der Waals surface area contributed by atoms with Crippen LogP contribution in [0.1, 0.15) is 48.2 Å². The van der Waals surface area contributed by atoms with E-state index < -0.39 is 30.3 Å². The van der Waals surface area contributed by atoms with E-state index in [2.05, 4.69) is 79.1 Å². The van der Waals surface area contributed by atoms with Gasteiger partial charge in [-0.3, -0.25) is 9.59 Å². The van der Waals surface area contributed by atoms with E-state index in [9.17, 15) is 19.2 Å². The molecule has 4 heterocycles. The number of methoxy groups -OCH3 is 3.